The molecule has 1 N–H and O–H groups in total. The third-order valence-electron chi connectivity index (χ3n) is 6.75. The van der Waals surface area contributed by atoms with Crippen LogP contribution in [0.3, 0.4) is 0 Å². The van der Waals surface area contributed by atoms with E-state index in [9.17, 15) is 4.79 Å². The van der Waals surface area contributed by atoms with Gasteiger partial charge in [0.15, 0.2) is 5.82 Å². The van der Waals surface area contributed by atoms with Crippen LogP contribution >= 0.6 is 11.6 Å². The Bertz CT molecular complexity index is 1910. The SMILES string of the molecule is CCn1c(=O)c2cc(C)cc(C(C)Nc3ccc(Cl)nc3-c3ncn(C)n3)c2c2cnn(-c3ccccn3)c21. The number of anilines is 1. The normalized spacial score (nSPS) is 12.3. The monoisotopic (exact) mass is 539 g/mol. The predicted octanol–water partition coefficient (Wildman–Crippen LogP) is 5.08. The van der Waals surface area contributed by atoms with Gasteiger partial charge in [0.25, 0.3) is 5.56 Å². The average molecular weight is 540 g/mol. The molecular formula is C28H26ClN9O. The highest BCUT2D eigenvalue weighted by Crippen LogP contribution is 2.35. The lowest BCUT2D eigenvalue weighted by atomic mass is 9.95. The van der Waals surface area contributed by atoms with Gasteiger partial charge in [-0.2, -0.15) is 9.78 Å². The van der Waals surface area contributed by atoms with E-state index >= 15 is 0 Å². The van der Waals surface area contributed by atoms with Crippen molar-refractivity contribution < 1.29 is 0 Å². The van der Waals surface area contributed by atoms with Crippen LogP contribution in [0.2, 0.25) is 5.15 Å². The Balaban J connectivity index is 1.56. The molecule has 0 radical (unpaired) electrons. The van der Waals surface area contributed by atoms with E-state index in [4.69, 9.17) is 11.6 Å². The van der Waals surface area contributed by atoms with Crippen LogP contribution in [0.25, 0.3) is 39.1 Å². The summed E-state index contributed by atoms with van der Waals surface area (Å²) in [7, 11) is 1.80. The van der Waals surface area contributed by atoms with Gasteiger partial charge in [-0.25, -0.2) is 15.0 Å². The van der Waals surface area contributed by atoms with Crippen molar-refractivity contribution in [3.05, 3.63) is 87.8 Å². The summed E-state index contributed by atoms with van der Waals surface area (Å²) >= 11 is 6.24. The summed E-state index contributed by atoms with van der Waals surface area (Å²) in [5, 5.41) is 15.4. The quantitative estimate of drug-likeness (QED) is 0.294. The average Bonchev–Trinajstić information content (AvgIpc) is 3.57. The largest absolute Gasteiger partial charge is 0.377 e. The summed E-state index contributed by atoms with van der Waals surface area (Å²) in [6, 6.07) is 13.1. The van der Waals surface area contributed by atoms with Gasteiger partial charge in [-0.3, -0.25) is 14.0 Å². The standard InChI is InChI=1S/C28H26ClN9O/c1-5-37-27-20(14-32-38(27)23-8-6-7-11-30-23)24-18(12-16(2)13-19(24)28(37)39)17(3)33-21-9-10-22(29)34-25(21)26-31-15-36(4)35-26/h6-15,17,33H,5H2,1-4H3. The third kappa shape index (κ3) is 4.22. The molecule has 5 aromatic heterocycles. The minimum atomic E-state index is -0.212. The maximum absolute atomic E-state index is 13.9. The predicted molar refractivity (Wildman–Crippen MR) is 152 cm³/mol. The van der Waals surface area contributed by atoms with E-state index < -0.39 is 0 Å². The Morgan fingerprint density at radius 3 is 2.67 bits per heavy atom. The fourth-order valence-corrected chi connectivity index (χ4v) is 5.21. The van der Waals surface area contributed by atoms with Crippen LogP contribution in [0, 0.1) is 6.92 Å². The Kier molecular flexibility index (Phi) is 6.11. The van der Waals surface area contributed by atoms with Crippen molar-refractivity contribution in [2.24, 2.45) is 7.05 Å². The van der Waals surface area contributed by atoms with Gasteiger partial charge >= 0.3 is 0 Å². The fraction of sp³-hybridized carbons (Fsp3) is 0.214. The van der Waals surface area contributed by atoms with Crippen LogP contribution < -0.4 is 10.9 Å². The van der Waals surface area contributed by atoms with E-state index in [1.807, 2.05) is 50.4 Å². The van der Waals surface area contributed by atoms with Crippen molar-refractivity contribution in [3.63, 3.8) is 0 Å². The van der Waals surface area contributed by atoms with Crippen molar-refractivity contribution in [1.29, 1.82) is 0 Å². The van der Waals surface area contributed by atoms with Crippen molar-refractivity contribution >= 4 is 39.1 Å². The van der Waals surface area contributed by atoms with Crippen LogP contribution in [-0.4, -0.2) is 39.1 Å². The maximum atomic E-state index is 13.9. The van der Waals surface area contributed by atoms with Gasteiger partial charge in [0.2, 0.25) is 5.82 Å². The van der Waals surface area contributed by atoms with Gasteiger partial charge in [0, 0.05) is 42.0 Å². The molecule has 0 saturated carbocycles. The number of nitrogens with one attached hydrogen (secondary N) is 1. The lowest BCUT2D eigenvalue weighted by Gasteiger charge is -2.21. The van der Waals surface area contributed by atoms with Gasteiger partial charge in [-0.15, -0.1) is 5.10 Å². The molecule has 0 spiro atoms. The number of hydrogen-bond acceptors (Lipinski definition) is 7. The number of aromatic nitrogens is 8. The molecule has 6 aromatic rings. The lowest BCUT2D eigenvalue weighted by molar-refractivity contribution is 0.726. The van der Waals surface area contributed by atoms with E-state index in [-0.39, 0.29) is 11.6 Å². The molecule has 39 heavy (non-hydrogen) atoms. The van der Waals surface area contributed by atoms with E-state index in [1.165, 1.54) is 0 Å². The Morgan fingerprint density at radius 1 is 1.10 bits per heavy atom. The first-order valence-corrected chi connectivity index (χ1v) is 13.0. The van der Waals surface area contributed by atoms with Gasteiger partial charge in [-0.1, -0.05) is 23.7 Å². The molecule has 196 valence electrons. The Morgan fingerprint density at radius 2 is 1.95 bits per heavy atom. The van der Waals surface area contributed by atoms with Gasteiger partial charge in [0.05, 0.1) is 11.9 Å². The molecule has 0 amide bonds. The molecule has 6 rings (SSSR count). The minimum Gasteiger partial charge on any atom is -0.377 e. The molecular weight excluding hydrogens is 514 g/mol. The van der Waals surface area contributed by atoms with Crippen LogP contribution in [0.15, 0.2) is 66.0 Å². The number of halogens is 1. The molecule has 0 aliphatic heterocycles. The molecule has 5 heterocycles. The smallest absolute Gasteiger partial charge is 0.260 e. The van der Waals surface area contributed by atoms with E-state index in [2.05, 4.69) is 43.5 Å². The van der Waals surface area contributed by atoms with Gasteiger partial charge in [0.1, 0.15) is 22.8 Å². The van der Waals surface area contributed by atoms with Gasteiger partial charge < -0.3 is 5.32 Å². The minimum absolute atomic E-state index is 0.0682. The summed E-state index contributed by atoms with van der Waals surface area (Å²) < 4.78 is 5.11. The third-order valence-corrected chi connectivity index (χ3v) is 6.96. The number of pyridine rings is 3. The first-order valence-electron chi connectivity index (χ1n) is 12.6. The summed E-state index contributed by atoms with van der Waals surface area (Å²) in [6.45, 7) is 6.51. The van der Waals surface area contributed by atoms with Crippen molar-refractivity contribution in [2.45, 2.75) is 33.4 Å². The number of aryl methyl sites for hydroxylation is 3. The van der Waals surface area contributed by atoms with Crippen LogP contribution in [0.1, 0.15) is 31.0 Å². The number of nitrogens with zero attached hydrogens (tertiary/aromatic N) is 8. The molecule has 1 unspecified atom stereocenters. The zero-order chi connectivity index (χ0) is 27.3. The van der Waals surface area contributed by atoms with E-state index in [1.54, 1.807) is 39.6 Å². The maximum Gasteiger partial charge on any atom is 0.260 e. The first-order chi connectivity index (χ1) is 18.9. The van der Waals surface area contributed by atoms with E-state index in [0.717, 1.165) is 27.6 Å². The molecule has 0 saturated heterocycles. The van der Waals surface area contributed by atoms with E-state index in [0.29, 0.717) is 40.1 Å². The Hall–Kier alpha value is -4.57. The highest BCUT2D eigenvalue weighted by molar-refractivity contribution is 6.29. The highest BCUT2D eigenvalue weighted by atomic mass is 35.5. The van der Waals surface area contributed by atoms with Crippen LogP contribution in [0.4, 0.5) is 5.69 Å². The zero-order valence-electron chi connectivity index (χ0n) is 21.9. The molecule has 11 heteroatoms. The number of benzene rings is 1. The second kappa shape index (κ2) is 9.63. The second-order valence-corrected chi connectivity index (χ2v) is 9.83. The summed E-state index contributed by atoms with van der Waals surface area (Å²) in [4.78, 5) is 27.2. The van der Waals surface area contributed by atoms with Crippen molar-refractivity contribution in [2.75, 3.05) is 5.32 Å². The number of fused-ring (bicyclic) bond motifs is 3. The number of rotatable bonds is 6. The van der Waals surface area contributed by atoms with Crippen molar-refractivity contribution in [1.82, 2.24) is 39.1 Å². The summed E-state index contributed by atoms with van der Waals surface area (Å²) in [5.41, 5.74) is 3.87. The highest BCUT2D eigenvalue weighted by Gasteiger charge is 2.22. The fourth-order valence-electron chi connectivity index (χ4n) is 5.07. The molecule has 0 aliphatic rings. The molecule has 1 atom stereocenters. The molecule has 0 fully saturated rings. The molecule has 0 bridgehead atoms. The van der Waals surface area contributed by atoms with Crippen LogP contribution in [0.5, 0.6) is 0 Å². The first kappa shape index (κ1) is 24.7. The van der Waals surface area contributed by atoms with Crippen molar-refractivity contribution in [3.8, 4) is 17.3 Å². The zero-order valence-corrected chi connectivity index (χ0v) is 22.7. The molecule has 1 aromatic carbocycles. The summed E-state index contributed by atoms with van der Waals surface area (Å²) in [6.07, 6.45) is 5.15. The second-order valence-electron chi connectivity index (χ2n) is 9.45. The molecule has 0 aliphatic carbocycles. The molecule has 10 nitrogen and oxygen atoms in total. The summed E-state index contributed by atoms with van der Waals surface area (Å²) in [5.74, 6) is 1.11. The topological polar surface area (TPSA) is 108 Å². The van der Waals surface area contributed by atoms with Gasteiger partial charge in [-0.05, 0) is 62.2 Å². The lowest BCUT2D eigenvalue weighted by Crippen LogP contribution is -2.23. The Labute approximate surface area is 228 Å². The number of hydrogen-bond donors (Lipinski definition) is 1. The van der Waals surface area contributed by atoms with Crippen LogP contribution in [-0.2, 0) is 13.6 Å².